The predicted molar refractivity (Wildman–Crippen MR) is 131 cm³/mol. The molecule has 1 aromatic carbocycles. The second-order valence-corrected chi connectivity index (χ2v) is 8.12. The molecule has 11 nitrogen and oxygen atoms in total. The average molecular weight is 502 g/mol. The van der Waals surface area contributed by atoms with Crippen molar-refractivity contribution in [2.24, 2.45) is 5.73 Å². The van der Waals surface area contributed by atoms with Crippen molar-refractivity contribution in [3.8, 4) is 5.75 Å². The van der Waals surface area contributed by atoms with Crippen molar-refractivity contribution >= 4 is 40.6 Å². The molecule has 35 heavy (non-hydrogen) atoms. The summed E-state index contributed by atoms with van der Waals surface area (Å²) in [4.78, 5) is 40.3. The van der Waals surface area contributed by atoms with E-state index in [0.29, 0.717) is 35.3 Å². The molecule has 0 radical (unpaired) electrons. The van der Waals surface area contributed by atoms with E-state index in [1.54, 1.807) is 50.2 Å². The van der Waals surface area contributed by atoms with Gasteiger partial charge in [0.2, 0.25) is 0 Å². The standard InChI is InChI=1S/C23H27N5O6S/c1-4-33-15-8-6-5-7-14(15)28(23(31)20-17(24)18(21(25)29)27-35-20)19(16-10-9-13(2)34-16)22(30)26-11-12-32-3/h5-10,19H,4,11-12,24H2,1-3H3,(H2,25,29)(H,26,30)/t19-/m1/s1. The van der Waals surface area contributed by atoms with E-state index in [4.69, 9.17) is 25.4 Å². The molecule has 0 aliphatic heterocycles. The first-order valence-corrected chi connectivity index (χ1v) is 11.5. The number of primary amides is 1. The first-order chi connectivity index (χ1) is 16.8. The zero-order valence-electron chi connectivity index (χ0n) is 19.6. The third kappa shape index (κ3) is 5.61. The minimum Gasteiger partial charge on any atom is -0.492 e. The summed E-state index contributed by atoms with van der Waals surface area (Å²) >= 11 is 0.716. The van der Waals surface area contributed by atoms with Gasteiger partial charge in [-0.25, -0.2) is 0 Å². The van der Waals surface area contributed by atoms with Crippen molar-refractivity contribution in [1.82, 2.24) is 9.69 Å². The van der Waals surface area contributed by atoms with Crippen LogP contribution in [0.25, 0.3) is 0 Å². The van der Waals surface area contributed by atoms with Gasteiger partial charge in [0.05, 0.1) is 24.6 Å². The molecule has 0 unspecified atom stereocenters. The van der Waals surface area contributed by atoms with Crippen molar-refractivity contribution in [2.45, 2.75) is 19.9 Å². The number of aromatic nitrogens is 1. The number of methoxy groups -OCH3 is 1. The molecule has 0 aliphatic rings. The highest BCUT2D eigenvalue weighted by atomic mass is 32.1. The van der Waals surface area contributed by atoms with Crippen molar-refractivity contribution < 1.29 is 28.3 Å². The van der Waals surface area contributed by atoms with E-state index in [1.807, 2.05) is 0 Å². The van der Waals surface area contributed by atoms with E-state index in [9.17, 15) is 14.4 Å². The van der Waals surface area contributed by atoms with E-state index in [2.05, 4.69) is 9.69 Å². The molecule has 0 spiro atoms. The van der Waals surface area contributed by atoms with Gasteiger partial charge in [-0.05, 0) is 49.6 Å². The minimum absolute atomic E-state index is 0.0527. The van der Waals surface area contributed by atoms with E-state index in [-0.39, 0.29) is 35.2 Å². The number of nitrogens with one attached hydrogen (secondary N) is 1. The number of hydrogen-bond donors (Lipinski definition) is 3. The lowest BCUT2D eigenvalue weighted by molar-refractivity contribution is -0.123. The lowest BCUT2D eigenvalue weighted by Gasteiger charge is -2.30. The van der Waals surface area contributed by atoms with Gasteiger partial charge in [0, 0.05) is 13.7 Å². The highest BCUT2D eigenvalue weighted by Crippen LogP contribution is 2.38. The summed E-state index contributed by atoms with van der Waals surface area (Å²) in [5.74, 6) is -0.937. The maximum absolute atomic E-state index is 14.0. The van der Waals surface area contributed by atoms with Gasteiger partial charge in [-0.2, -0.15) is 4.37 Å². The zero-order valence-corrected chi connectivity index (χ0v) is 20.4. The first-order valence-electron chi connectivity index (χ1n) is 10.7. The van der Waals surface area contributed by atoms with E-state index >= 15 is 0 Å². The first kappa shape index (κ1) is 25.7. The minimum atomic E-state index is -1.24. The fraction of sp³-hybridized carbons (Fsp3) is 0.304. The fourth-order valence-electron chi connectivity index (χ4n) is 3.39. The van der Waals surface area contributed by atoms with Crippen LogP contribution in [-0.4, -0.2) is 49.0 Å². The molecular formula is C23H27N5O6S. The van der Waals surface area contributed by atoms with E-state index in [1.165, 1.54) is 12.0 Å². The Labute approximate surface area is 206 Å². The topological polar surface area (TPSA) is 163 Å². The molecule has 0 fully saturated rings. The average Bonchev–Trinajstić information content (AvgIpc) is 3.43. The van der Waals surface area contributed by atoms with E-state index in [0.717, 1.165) is 0 Å². The normalized spacial score (nSPS) is 11.6. The zero-order chi connectivity index (χ0) is 25.5. The van der Waals surface area contributed by atoms with Crippen LogP contribution in [-0.2, 0) is 9.53 Å². The van der Waals surface area contributed by atoms with Crippen LogP contribution in [0, 0.1) is 6.92 Å². The van der Waals surface area contributed by atoms with Gasteiger partial charge in [-0.1, -0.05) is 12.1 Å². The number of anilines is 2. The Hall–Kier alpha value is -3.90. The number of nitrogen functional groups attached to an aromatic ring is 1. The Morgan fingerprint density at radius 3 is 2.57 bits per heavy atom. The van der Waals surface area contributed by atoms with Gasteiger partial charge in [0.1, 0.15) is 22.1 Å². The third-order valence-corrected chi connectivity index (χ3v) is 5.79. The largest absolute Gasteiger partial charge is 0.492 e. The number of nitrogens with two attached hydrogens (primary N) is 2. The van der Waals surface area contributed by atoms with Gasteiger partial charge in [0.25, 0.3) is 17.7 Å². The second kappa shape index (κ2) is 11.5. The molecule has 0 saturated carbocycles. The van der Waals surface area contributed by atoms with Crippen LogP contribution in [0.1, 0.15) is 44.6 Å². The maximum Gasteiger partial charge on any atom is 0.273 e. The summed E-state index contributed by atoms with van der Waals surface area (Å²) in [5.41, 5.74) is 11.3. The number of benzene rings is 1. The maximum atomic E-state index is 14.0. The molecule has 2 heterocycles. The molecule has 5 N–H and O–H groups in total. The lowest BCUT2D eigenvalue weighted by atomic mass is 10.1. The van der Waals surface area contributed by atoms with Crippen LogP contribution in [0.3, 0.4) is 0 Å². The number of carbonyl (C=O) groups is 3. The molecule has 0 saturated heterocycles. The monoisotopic (exact) mass is 501 g/mol. The second-order valence-electron chi connectivity index (χ2n) is 7.35. The van der Waals surface area contributed by atoms with Crippen LogP contribution in [0.15, 0.2) is 40.8 Å². The summed E-state index contributed by atoms with van der Waals surface area (Å²) < 4.78 is 20.5. The van der Waals surface area contributed by atoms with Crippen LogP contribution in [0.2, 0.25) is 0 Å². The van der Waals surface area contributed by atoms with Crippen LogP contribution in [0.5, 0.6) is 5.75 Å². The smallest absolute Gasteiger partial charge is 0.273 e. The molecule has 0 bridgehead atoms. The van der Waals surface area contributed by atoms with Gasteiger partial charge in [-0.15, -0.1) is 0 Å². The summed E-state index contributed by atoms with van der Waals surface area (Å²) in [6, 6.07) is 8.83. The third-order valence-electron chi connectivity index (χ3n) is 4.94. The number of para-hydroxylation sites is 2. The highest BCUT2D eigenvalue weighted by Gasteiger charge is 2.39. The van der Waals surface area contributed by atoms with Gasteiger partial charge in [0.15, 0.2) is 11.7 Å². The molecule has 3 rings (SSSR count). The summed E-state index contributed by atoms with van der Waals surface area (Å²) in [6.45, 7) is 4.31. The van der Waals surface area contributed by atoms with Crippen LogP contribution in [0.4, 0.5) is 11.4 Å². The molecule has 2 aromatic heterocycles. The number of ether oxygens (including phenoxy) is 2. The van der Waals surface area contributed by atoms with E-state index < -0.39 is 23.8 Å². The van der Waals surface area contributed by atoms with Crippen LogP contribution >= 0.6 is 11.5 Å². The highest BCUT2D eigenvalue weighted by molar-refractivity contribution is 7.09. The molecule has 1 atom stereocenters. The Morgan fingerprint density at radius 1 is 1.23 bits per heavy atom. The SMILES string of the molecule is CCOc1ccccc1N(C(=O)c1snc(C(N)=O)c1N)[C@@H](C(=O)NCCOC)c1ccc(C)o1. The summed E-state index contributed by atoms with van der Waals surface area (Å²) in [5, 5.41) is 2.76. The molecule has 0 aliphatic carbocycles. The summed E-state index contributed by atoms with van der Waals surface area (Å²) in [6.07, 6.45) is 0. The molecular weight excluding hydrogens is 474 g/mol. The Kier molecular flexibility index (Phi) is 8.44. The van der Waals surface area contributed by atoms with Gasteiger partial charge < -0.3 is 30.7 Å². The number of carbonyl (C=O) groups excluding carboxylic acids is 3. The number of hydrogen-bond acceptors (Lipinski definition) is 9. The number of amides is 3. The van der Waals surface area contributed by atoms with Crippen molar-refractivity contribution in [1.29, 1.82) is 0 Å². The number of aryl methyl sites for hydroxylation is 1. The summed E-state index contributed by atoms with van der Waals surface area (Å²) in [7, 11) is 1.51. The molecule has 3 amide bonds. The Bertz CT molecular complexity index is 1210. The fourth-order valence-corrected chi connectivity index (χ4v) is 4.13. The Balaban J connectivity index is 2.21. The number of furan rings is 1. The number of nitrogens with zero attached hydrogens (tertiary/aromatic N) is 2. The van der Waals surface area contributed by atoms with Crippen molar-refractivity contribution in [3.63, 3.8) is 0 Å². The quantitative estimate of drug-likeness (QED) is 0.337. The van der Waals surface area contributed by atoms with Crippen molar-refractivity contribution in [3.05, 3.63) is 58.5 Å². The van der Waals surface area contributed by atoms with Crippen LogP contribution < -0.4 is 26.4 Å². The molecule has 186 valence electrons. The Morgan fingerprint density at radius 2 is 1.97 bits per heavy atom. The number of rotatable bonds is 11. The molecule has 12 heteroatoms. The van der Waals surface area contributed by atoms with Gasteiger partial charge in [-0.3, -0.25) is 19.3 Å². The molecule has 3 aromatic rings. The predicted octanol–water partition coefficient (Wildman–Crippen LogP) is 2.28. The lowest BCUT2D eigenvalue weighted by Crippen LogP contribution is -2.44. The van der Waals surface area contributed by atoms with Crippen molar-refractivity contribution in [2.75, 3.05) is 37.5 Å². The van der Waals surface area contributed by atoms with Gasteiger partial charge >= 0.3 is 0 Å².